The van der Waals surface area contributed by atoms with Crippen LogP contribution in [0.3, 0.4) is 0 Å². The highest BCUT2D eigenvalue weighted by atomic mass is 32.2. The molecule has 0 heterocycles. The Morgan fingerprint density at radius 1 is 1.27 bits per heavy atom. The molecule has 0 aliphatic rings. The molecular formula is C11H15O3S-. The van der Waals surface area contributed by atoms with Gasteiger partial charge in [0.05, 0.1) is 18.0 Å². The first-order valence-electron chi connectivity index (χ1n) is 4.71. The molecule has 0 radical (unpaired) electrons. The highest BCUT2D eigenvalue weighted by molar-refractivity contribution is 7.74. The van der Waals surface area contributed by atoms with Gasteiger partial charge in [-0.05, 0) is 16.5 Å². The zero-order valence-corrected chi connectivity index (χ0v) is 9.97. The van der Waals surface area contributed by atoms with Crippen molar-refractivity contribution in [1.82, 2.24) is 0 Å². The fourth-order valence-electron chi connectivity index (χ4n) is 1.22. The van der Waals surface area contributed by atoms with Crippen molar-refractivity contribution in [2.24, 2.45) is 0 Å². The van der Waals surface area contributed by atoms with Gasteiger partial charge in [0.15, 0.2) is 0 Å². The zero-order chi connectivity index (χ0) is 11.5. The van der Waals surface area contributed by atoms with Crippen molar-refractivity contribution in [3.63, 3.8) is 0 Å². The van der Waals surface area contributed by atoms with E-state index in [9.17, 15) is 8.76 Å². The summed E-state index contributed by atoms with van der Waals surface area (Å²) in [4.78, 5) is 0. The first-order chi connectivity index (χ1) is 6.89. The number of benzene rings is 1. The summed E-state index contributed by atoms with van der Waals surface area (Å²) < 4.78 is 24.8. The second-order valence-electron chi connectivity index (χ2n) is 4.41. The second kappa shape index (κ2) is 4.88. The lowest BCUT2D eigenvalue weighted by Crippen LogP contribution is -2.10. The van der Waals surface area contributed by atoms with Crippen molar-refractivity contribution in [2.75, 3.05) is 0 Å². The van der Waals surface area contributed by atoms with E-state index in [4.69, 9.17) is 0 Å². The van der Waals surface area contributed by atoms with E-state index in [1.807, 2.05) is 24.3 Å². The lowest BCUT2D eigenvalue weighted by Gasteiger charge is -2.19. The zero-order valence-electron chi connectivity index (χ0n) is 9.15. The van der Waals surface area contributed by atoms with Crippen molar-refractivity contribution in [3.05, 3.63) is 35.4 Å². The summed E-state index contributed by atoms with van der Waals surface area (Å²) in [5.41, 5.74) is 2.18. The molecule has 1 rings (SSSR count). The summed E-state index contributed by atoms with van der Waals surface area (Å²) in [5.74, 6) is 0. The summed E-state index contributed by atoms with van der Waals surface area (Å²) in [6, 6.07) is 7.75. The largest absolute Gasteiger partial charge is 0.750 e. The molecule has 0 amide bonds. The molecule has 0 aliphatic carbocycles. The third kappa shape index (κ3) is 4.11. The summed E-state index contributed by atoms with van der Waals surface area (Å²) in [7, 11) is 0. The van der Waals surface area contributed by atoms with Crippen LogP contribution in [0, 0.1) is 0 Å². The van der Waals surface area contributed by atoms with Gasteiger partial charge in [-0.3, -0.25) is 4.18 Å². The molecule has 15 heavy (non-hydrogen) atoms. The molecule has 0 aromatic heterocycles. The molecule has 0 aliphatic heterocycles. The van der Waals surface area contributed by atoms with E-state index in [-0.39, 0.29) is 12.0 Å². The first-order valence-corrected chi connectivity index (χ1v) is 5.71. The summed E-state index contributed by atoms with van der Waals surface area (Å²) in [6.07, 6.45) is 0. The molecule has 0 saturated carbocycles. The van der Waals surface area contributed by atoms with Gasteiger partial charge in [-0.1, -0.05) is 45.0 Å². The molecule has 3 nitrogen and oxygen atoms in total. The standard InChI is InChI=1S/C11H16O3S/c1-11(2,3)10-6-4-9(5-7-10)8-14-15(12)13/h4-7H,8H2,1-3H3,(H,12,13)/p-1. The van der Waals surface area contributed by atoms with Crippen molar-refractivity contribution < 1.29 is 12.9 Å². The van der Waals surface area contributed by atoms with E-state index >= 15 is 0 Å². The van der Waals surface area contributed by atoms with Gasteiger partial charge in [0.1, 0.15) is 0 Å². The third-order valence-electron chi connectivity index (χ3n) is 2.14. The molecule has 1 aromatic carbocycles. The summed E-state index contributed by atoms with van der Waals surface area (Å²) >= 11 is -2.44. The number of hydrogen-bond donors (Lipinski definition) is 0. The Hall–Kier alpha value is -0.710. The quantitative estimate of drug-likeness (QED) is 0.744. The van der Waals surface area contributed by atoms with Gasteiger partial charge in [-0.15, -0.1) is 0 Å². The monoisotopic (exact) mass is 227 g/mol. The van der Waals surface area contributed by atoms with Crippen LogP contribution in [-0.4, -0.2) is 8.76 Å². The molecule has 0 spiro atoms. The van der Waals surface area contributed by atoms with Crippen molar-refractivity contribution in [1.29, 1.82) is 0 Å². The molecule has 0 bridgehead atoms. The van der Waals surface area contributed by atoms with E-state index in [1.165, 1.54) is 5.56 Å². The van der Waals surface area contributed by atoms with Gasteiger partial charge in [0, 0.05) is 0 Å². The van der Waals surface area contributed by atoms with Gasteiger partial charge in [0.2, 0.25) is 0 Å². The Kier molecular flexibility index (Phi) is 4.02. The maximum atomic E-state index is 10.2. The minimum absolute atomic E-state index is 0.0978. The van der Waals surface area contributed by atoms with Crippen LogP contribution >= 0.6 is 0 Å². The lowest BCUT2D eigenvalue weighted by molar-refractivity contribution is 0.291. The Balaban J connectivity index is 2.69. The second-order valence-corrected chi connectivity index (χ2v) is 5.06. The predicted molar refractivity (Wildman–Crippen MR) is 58.9 cm³/mol. The van der Waals surface area contributed by atoms with Gasteiger partial charge < -0.3 is 4.55 Å². The normalized spacial score (nSPS) is 13.9. The van der Waals surface area contributed by atoms with Gasteiger partial charge in [-0.2, -0.15) is 0 Å². The van der Waals surface area contributed by atoms with Crippen LogP contribution in [0.4, 0.5) is 0 Å². The average molecular weight is 227 g/mol. The van der Waals surface area contributed by atoms with E-state index < -0.39 is 11.4 Å². The van der Waals surface area contributed by atoms with Crippen molar-refractivity contribution >= 4 is 11.4 Å². The molecule has 1 atom stereocenters. The Bertz CT molecular complexity index is 338. The fourth-order valence-corrected chi connectivity index (χ4v) is 1.45. The first kappa shape index (κ1) is 12.4. The van der Waals surface area contributed by atoms with Crippen molar-refractivity contribution in [3.8, 4) is 0 Å². The van der Waals surface area contributed by atoms with Crippen LogP contribution in [0.1, 0.15) is 31.9 Å². The molecule has 1 unspecified atom stereocenters. The van der Waals surface area contributed by atoms with E-state index in [0.717, 1.165) is 5.56 Å². The van der Waals surface area contributed by atoms with Crippen LogP contribution in [-0.2, 0) is 27.6 Å². The molecule has 84 valence electrons. The minimum Gasteiger partial charge on any atom is -0.750 e. The van der Waals surface area contributed by atoms with Crippen LogP contribution in [0.15, 0.2) is 24.3 Å². The molecule has 1 aromatic rings. The smallest absolute Gasteiger partial charge is 0.0879 e. The molecule has 0 fully saturated rings. The SMILES string of the molecule is CC(C)(C)c1ccc(COS(=O)[O-])cc1. The minimum atomic E-state index is -2.44. The van der Waals surface area contributed by atoms with Gasteiger partial charge >= 0.3 is 0 Å². The topological polar surface area (TPSA) is 49.4 Å². The average Bonchev–Trinajstić information content (AvgIpc) is 2.14. The maximum absolute atomic E-state index is 10.2. The Morgan fingerprint density at radius 2 is 1.80 bits per heavy atom. The lowest BCUT2D eigenvalue weighted by atomic mass is 9.87. The van der Waals surface area contributed by atoms with E-state index in [0.29, 0.717) is 0 Å². The Labute approximate surface area is 93.0 Å². The predicted octanol–water partition coefficient (Wildman–Crippen LogP) is 2.29. The highest BCUT2D eigenvalue weighted by Crippen LogP contribution is 2.22. The molecular weight excluding hydrogens is 212 g/mol. The highest BCUT2D eigenvalue weighted by Gasteiger charge is 2.12. The van der Waals surface area contributed by atoms with Crippen LogP contribution in [0.2, 0.25) is 0 Å². The maximum Gasteiger partial charge on any atom is 0.0879 e. The summed E-state index contributed by atoms with van der Waals surface area (Å²) in [6.45, 7) is 6.49. The fraction of sp³-hybridized carbons (Fsp3) is 0.455. The Morgan fingerprint density at radius 3 is 2.20 bits per heavy atom. The molecule has 4 heteroatoms. The van der Waals surface area contributed by atoms with Crippen LogP contribution < -0.4 is 0 Å². The summed E-state index contributed by atoms with van der Waals surface area (Å²) in [5, 5.41) is 0. The molecule has 0 N–H and O–H groups in total. The number of hydrogen-bond acceptors (Lipinski definition) is 3. The van der Waals surface area contributed by atoms with Crippen LogP contribution in [0.25, 0.3) is 0 Å². The van der Waals surface area contributed by atoms with Gasteiger partial charge in [-0.25, -0.2) is 4.21 Å². The van der Waals surface area contributed by atoms with E-state index in [1.54, 1.807) is 0 Å². The van der Waals surface area contributed by atoms with Crippen molar-refractivity contribution in [2.45, 2.75) is 32.8 Å². The molecule has 0 saturated heterocycles. The third-order valence-corrected chi connectivity index (χ3v) is 2.45. The number of rotatable bonds is 3. The van der Waals surface area contributed by atoms with Crippen LogP contribution in [0.5, 0.6) is 0 Å². The van der Waals surface area contributed by atoms with Gasteiger partial charge in [0.25, 0.3) is 0 Å². The van der Waals surface area contributed by atoms with E-state index in [2.05, 4.69) is 25.0 Å².